The third-order valence-corrected chi connectivity index (χ3v) is 2.58. The Morgan fingerprint density at radius 2 is 2.06 bits per heavy atom. The molecule has 0 amide bonds. The summed E-state index contributed by atoms with van der Waals surface area (Å²) in [4.78, 5) is 22.4. The van der Waals surface area contributed by atoms with E-state index >= 15 is 0 Å². The molecule has 3 nitrogen and oxygen atoms in total. The summed E-state index contributed by atoms with van der Waals surface area (Å²) in [6.45, 7) is 0. The molecule has 1 heterocycles. The Balaban J connectivity index is 2.35. The number of ketones is 1. The summed E-state index contributed by atoms with van der Waals surface area (Å²) in [7, 11) is 0. The molecule has 0 atom stereocenters. The molecule has 0 spiro atoms. The van der Waals surface area contributed by atoms with E-state index in [2.05, 4.69) is 15.9 Å². The van der Waals surface area contributed by atoms with Crippen molar-refractivity contribution in [3.63, 3.8) is 0 Å². The van der Waals surface area contributed by atoms with Gasteiger partial charge in [-0.1, -0.05) is 28.1 Å². The lowest BCUT2D eigenvalue weighted by Gasteiger charge is -1.97. The van der Waals surface area contributed by atoms with Crippen LogP contribution in [0.4, 0.5) is 0 Å². The van der Waals surface area contributed by atoms with Crippen molar-refractivity contribution in [1.82, 2.24) is 0 Å². The molecule has 0 radical (unpaired) electrons. The van der Waals surface area contributed by atoms with Gasteiger partial charge >= 0.3 is 0 Å². The second-order valence-electron chi connectivity index (χ2n) is 3.20. The molecule has 0 aliphatic rings. The highest BCUT2D eigenvalue weighted by atomic mass is 79.9. The highest BCUT2D eigenvalue weighted by molar-refractivity contribution is 9.10. The van der Waals surface area contributed by atoms with Gasteiger partial charge in [-0.15, -0.1) is 0 Å². The smallest absolute Gasteiger partial charge is 0.196 e. The molecule has 80 valence electrons. The summed E-state index contributed by atoms with van der Waals surface area (Å²) in [6, 6.07) is 8.47. The minimum Gasteiger partial charge on any atom is -0.461 e. The first kappa shape index (κ1) is 10.8. The Hall–Kier alpha value is -1.68. The topological polar surface area (TPSA) is 47.3 Å². The predicted molar refractivity (Wildman–Crippen MR) is 61.7 cm³/mol. The largest absolute Gasteiger partial charge is 0.461 e. The van der Waals surface area contributed by atoms with Crippen LogP contribution in [0.2, 0.25) is 0 Å². The summed E-state index contributed by atoms with van der Waals surface area (Å²) < 4.78 is 5.72. The summed E-state index contributed by atoms with van der Waals surface area (Å²) in [5.41, 5.74) is 0.924. The number of aldehydes is 1. The van der Waals surface area contributed by atoms with Crippen molar-refractivity contribution in [2.75, 3.05) is 0 Å². The van der Waals surface area contributed by atoms with Gasteiger partial charge in [0, 0.05) is 10.0 Å². The molecule has 4 heteroatoms. The maximum atomic E-state index is 11.9. The molecule has 1 aromatic carbocycles. The molecule has 2 rings (SSSR count). The zero-order valence-electron chi connectivity index (χ0n) is 8.14. The summed E-state index contributed by atoms with van der Waals surface area (Å²) in [5, 5.41) is 0. The van der Waals surface area contributed by atoms with Crippen molar-refractivity contribution in [2.45, 2.75) is 0 Å². The molecule has 0 aliphatic heterocycles. The minimum absolute atomic E-state index is 0.151. The first-order valence-corrected chi connectivity index (χ1v) is 5.34. The van der Waals surface area contributed by atoms with Crippen LogP contribution < -0.4 is 0 Å². The summed E-state index contributed by atoms with van der Waals surface area (Å²) >= 11 is 3.29. The Morgan fingerprint density at radius 1 is 1.25 bits per heavy atom. The lowest BCUT2D eigenvalue weighted by Crippen LogP contribution is -1.99. The van der Waals surface area contributed by atoms with Gasteiger partial charge in [-0.3, -0.25) is 9.59 Å². The first-order chi connectivity index (χ1) is 7.70. The molecule has 1 aromatic heterocycles. The van der Waals surface area contributed by atoms with Crippen molar-refractivity contribution < 1.29 is 14.0 Å². The molecule has 0 fully saturated rings. The SMILES string of the molecule is O=Cc1cc(C(=O)c2cccc(Br)c2)co1. The number of halogens is 1. The van der Waals surface area contributed by atoms with Crippen LogP contribution in [0.5, 0.6) is 0 Å². The van der Waals surface area contributed by atoms with E-state index in [1.807, 2.05) is 6.07 Å². The Labute approximate surface area is 100 Å². The third-order valence-electron chi connectivity index (χ3n) is 2.08. The number of rotatable bonds is 3. The van der Waals surface area contributed by atoms with E-state index in [-0.39, 0.29) is 11.5 Å². The lowest BCUT2D eigenvalue weighted by molar-refractivity contribution is 0.103. The number of hydrogen-bond acceptors (Lipinski definition) is 3. The minimum atomic E-state index is -0.168. The molecule has 0 unspecified atom stereocenters. The average molecular weight is 279 g/mol. The molecule has 0 bridgehead atoms. The van der Waals surface area contributed by atoms with Crippen LogP contribution in [0, 0.1) is 0 Å². The van der Waals surface area contributed by atoms with E-state index in [0.717, 1.165) is 4.47 Å². The Bertz CT molecular complexity index is 543. The predicted octanol–water partition coefficient (Wildman–Crippen LogP) is 3.09. The van der Waals surface area contributed by atoms with Crippen LogP contribution >= 0.6 is 15.9 Å². The molecule has 0 aliphatic carbocycles. The summed E-state index contributed by atoms with van der Waals surface area (Å²) in [5.74, 6) is -0.0171. The molecular formula is C12H7BrO3. The Morgan fingerprint density at radius 3 is 2.69 bits per heavy atom. The van der Waals surface area contributed by atoms with Gasteiger partial charge in [0.2, 0.25) is 0 Å². The molecular weight excluding hydrogens is 272 g/mol. The lowest BCUT2D eigenvalue weighted by atomic mass is 10.1. The number of furan rings is 1. The van der Waals surface area contributed by atoms with E-state index in [1.54, 1.807) is 18.2 Å². The zero-order valence-corrected chi connectivity index (χ0v) is 9.73. The molecule has 0 N–H and O–H groups in total. The second kappa shape index (κ2) is 4.45. The molecule has 0 saturated carbocycles. The van der Waals surface area contributed by atoms with Gasteiger partial charge in [0.25, 0.3) is 0 Å². The number of carbonyl (C=O) groups is 2. The quantitative estimate of drug-likeness (QED) is 0.640. The number of carbonyl (C=O) groups excluding carboxylic acids is 2. The molecule has 16 heavy (non-hydrogen) atoms. The fourth-order valence-corrected chi connectivity index (χ4v) is 1.73. The fourth-order valence-electron chi connectivity index (χ4n) is 1.33. The van der Waals surface area contributed by atoms with Gasteiger partial charge in [0.15, 0.2) is 17.8 Å². The number of hydrogen-bond donors (Lipinski definition) is 0. The highest BCUT2D eigenvalue weighted by Gasteiger charge is 2.12. The van der Waals surface area contributed by atoms with Gasteiger partial charge in [-0.25, -0.2) is 0 Å². The number of benzene rings is 1. The highest BCUT2D eigenvalue weighted by Crippen LogP contribution is 2.16. The van der Waals surface area contributed by atoms with E-state index in [4.69, 9.17) is 4.42 Å². The van der Waals surface area contributed by atoms with Crippen LogP contribution in [0.1, 0.15) is 26.5 Å². The summed E-state index contributed by atoms with van der Waals surface area (Å²) in [6.07, 6.45) is 1.85. The van der Waals surface area contributed by atoms with Crippen molar-refractivity contribution >= 4 is 28.0 Å². The zero-order chi connectivity index (χ0) is 11.5. The van der Waals surface area contributed by atoms with Crippen molar-refractivity contribution in [1.29, 1.82) is 0 Å². The molecule has 2 aromatic rings. The standard InChI is InChI=1S/C12H7BrO3/c13-10-3-1-2-8(4-10)12(15)9-5-11(6-14)16-7-9/h1-7H. The van der Waals surface area contributed by atoms with Gasteiger partial charge < -0.3 is 4.42 Å². The fraction of sp³-hybridized carbons (Fsp3) is 0. The maximum Gasteiger partial charge on any atom is 0.196 e. The maximum absolute atomic E-state index is 11.9. The van der Waals surface area contributed by atoms with Crippen molar-refractivity contribution in [3.8, 4) is 0 Å². The first-order valence-electron chi connectivity index (χ1n) is 4.54. The van der Waals surface area contributed by atoms with Crippen LogP contribution in [0.15, 0.2) is 45.5 Å². The third kappa shape index (κ3) is 2.12. The van der Waals surface area contributed by atoms with Crippen LogP contribution in [-0.2, 0) is 0 Å². The van der Waals surface area contributed by atoms with Gasteiger partial charge in [-0.2, -0.15) is 0 Å². The van der Waals surface area contributed by atoms with Crippen LogP contribution in [0.3, 0.4) is 0 Å². The normalized spacial score (nSPS) is 10.1. The van der Waals surface area contributed by atoms with Crippen LogP contribution in [0.25, 0.3) is 0 Å². The average Bonchev–Trinajstić information content (AvgIpc) is 2.76. The van der Waals surface area contributed by atoms with E-state index in [9.17, 15) is 9.59 Å². The van der Waals surface area contributed by atoms with Gasteiger partial charge in [-0.05, 0) is 18.2 Å². The monoisotopic (exact) mass is 278 g/mol. The van der Waals surface area contributed by atoms with Crippen LogP contribution in [-0.4, -0.2) is 12.1 Å². The van der Waals surface area contributed by atoms with Gasteiger partial charge in [0.05, 0.1) is 5.56 Å². The van der Waals surface area contributed by atoms with E-state index in [0.29, 0.717) is 17.4 Å². The molecule has 0 saturated heterocycles. The van der Waals surface area contributed by atoms with E-state index in [1.165, 1.54) is 12.3 Å². The van der Waals surface area contributed by atoms with Gasteiger partial charge in [0.1, 0.15) is 6.26 Å². The van der Waals surface area contributed by atoms with Crippen molar-refractivity contribution in [2.24, 2.45) is 0 Å². The van der Waals surface area contributed by atoms with E-state index < -0.39 is 0 Å². The second-order valence-corrected chi connectivity index (χ2v) is 4.11. The Kier molecular flexibility index (Phi) is 3.01. The van der Waals surface area contributed by atoms with Crippen molar-refractivity contribution in [3.05, 3.63) is 58.0 Å².